The van der Waals surface area contributed by atoms with Crippen LogP contribution in [0.5, 0.6) is 0 Å². The fourth-order valence-electron chi connectivity index (χ4n) is 2.85. The van der Waals surface area contributed by atoms with Crippen molar-refractivity contribution in [1.82, 2.24) is 20.0 Å². The van der Waals surface area contributed by atoms with E-state index < -0.39 is 0 Å². The van der Waals surface area contributed by atoms with Crippen molar-refractivity contribution in [2.45, 2.75) is 32.6 Å². The van der Waals surface area contributed by atoms with Gasteiger partial charge >= 0.3 is 0 Å². The largest absolute Gasteiger partial charge is 0.357 e. The highest BCUT2D eigenvalue weighted by molar-refractivity contribution is 14.0. The molecule has 0 atom stereocenters. The molecule has 1 aliphatic rings. The predicted molar refractivity (Wildman–Crippen MR) is 117 cm³/mol. The van der Waals surface area contributed by atoms with Crippen LogP contribution in [0.1, 0.15) is 32.6 Å². The number of allylic oxidation sites excluding steroid dienone is 1. The third-order valence-corrected chi connectivity index (χ3v) is 4.30. The molecule has 1 aliphatic heterocycles. The summed E-state index contributed by atoms with van der Waals surface area (Å²) < 4.78 is 0. The monoisotopic (exact) mass is 451 g/mol. The molecule has 6 heteroatoms. The number of aliphatic imine (C=N–C) groups is 1. The maximum atomic E-state index is 4.78. The number of guanidine groups is 1. The SMILES string of the molecule is C=CCCCN(C)C(=NCCCN1CCCN(C)CC1)NCC.I. The van der Waals surface area contributed by atoms with Crippen molar-refractivity contribution in [1.29, 1.82) is 0 Å². The van der Waals surface area contributed by atoms with Gasteiger partial charge in [0.25, 0.3) is 0 Å². The Morgan fingerprint density at radius 2 is 2.04 bits per heavy atom. The zero-order valence-electron chi connectivity index (χ0n) is 16.0. The van der Waals surface area contributed by atoms with Crippen molar-refractivity contribution in [2.24, 2.45) is 4.99 Å². The van der Waals surface area contributed by atoms with Gasteiger partial charge in [-0.3, -0.25) is 4.99 Å². The molecule has 0 bridgehead atoms. The molecule has 1 fully saturated rings. The lowest BCUT2D eigenvalue weighted by molar-refractivity contribution is 0.275. The van der Waals surface area contributed by atoms with Gasteiger partial charge in [0.1, 0.15) is 0 Å². The van der Waals surface area contributed by atoms with Gasteiger partial charge < -0.3 is 20.0 Å². The van der Waals surface area contributed by atoms with Crippen LogP contribution < -0.4 is 5.32 Å². The lowest BCUT2D eigenvalue weighted by atomic mass is 10.3. The maximum Gasteiger partial charge on any atom is 0.193 e. The van der Waals surface area contributed by atoms with Gasteiger partial charge in [0.15, 0.2) is 5.96 Å². The van der Waals surface area contributed by atoms with Gasteiger partial charge in [0.2, 0.25) is 0 Å². The molecule has 1 N–H and O–H groups in total. The van der Waals surface area contributed by atoms with Crippen LogP contribution in [0.25, 0.3) is 0 Å². The van der Waals surface area contributed by atoms with E-state index in [4.69, 9.17) is 4.99 Å². The van der Waals surface area contributed by atoms with Crippen molar-refractivity contribution in [2.75, 3.05) is 66.5 Å². The number of hydrogen-bond donors (Lipinski definition) is 1. The Labute approximate surface area is 166 Å². The molecule has 5 nitrogen and oxygen atoms in total. The summed E-state index contributed by atoms with van der Waals surface area (Å²) in [6.45, 7) is 14.8. The summed E-state index contributed by atoms with van der Waals surface area (Å²) >= 11 is 0. The van der Waals surface area contributed by atoms with E-state index in [-0.39, 0.29) is 24.0 Å². The summed E-state index contributed by atoms with van der Waals surface area (Å²) in [6.07, 6.45) is 6.60. The fourth-order valence-corrected chi connectivity index (χ4v) is 2.85. The van der Waals surface area contributed by atoms with E-state index >= 15 is 0 Å². The van der Waals surface area contributed by atoms with E-state index in [1.54, 1.807) is 0 Å². The molecule has 0 amide bonds. The molecule has 142 valence electrons. The van der Waals surface area contributed by atoms with Crippen LogP contribution in [-0.4, -0.2) is 87.1 Å². The second-order valence-electron chi connectivity index (χ2n) is 6.44. The van der Waals surface area contributed by atoms with E-state index in [1.807, 2.05) is 6.08 Å². The van der Waals surface area contributed by atoms with E-state index in [9.17, 15) is 0 Å². The molecule has 0 aliphatic carbocycles. The Kier molecular flexibility index (Phi) is 14.7. The highest BCUT2D eigenvalue weighted by Crippen LogP contribution is 2.02. The topological polar surface area (TPSA) is 34.1 Å². The number of nitrogens with zero attached hydrogens (tertiary/aromatic N) is 4. The molecule has 0 saturated carbocycles. The van der Waals surface area contributed by atoms with Crippen molar-refractivity contribution in [3.05, 3.63) is 12.7 Å². The van der Waals surface area contributed by atoms with Crippen molar-refractivity contribution in [3.63, 3.8) is 0 Å². The van der Waals surface area contributed by atoms with Crippen molar-refractivity contribution >= 4 is 29.9 Å². The molecule has 0 aromatic carbocycles. The average molecular weight is 451 g/mol. The molecule has 1 rings (SSSR count). The summed E-state index contributed by atoms with van der Waals surface area (Å²) in [5.74, 6) is 1.03. The van der Waals surface area contributed by atoms with E-state index in [1.165, 1.54) is 32.6 Å². The Morgan fingerprint density at radius 3 is 2.75 bits per heavy atom. The number of unbranched alkanes of at least 4 members (excludes halogenated alkanes) is 1. The third kappa shape index (κ3) is 10.5. The Hall–Kier alpha value is -0.340. The molecular weight excluding hydrogens is 413 g/mol. The maximum absolute atomic E-state index is 4.78. The molecule has 0 radical (unpaired) electrons. The van der Waals surface area contributed by atoms with Crippen LogP contribution in [0, 0.1) is 0 Å². The minimum Gasteiger partial charge on any atom is -0.357 e. The van der Waals surface area contributed by atoms with Crippen molar-refractivity contribution < 1.29 is 0 Å². The van der Waals surface area contributed by atoms with Gasteiger partial charge in [-0.2, -0.15) is 0 Å². The first-order valence-corrected chi connectivity index (χ1v) is 9.18. The van der Waals surface area contributed by atoms with Crippen LogP contribution in [0.2, 0.25) is 0 Å². The Morgan fingerprint density at radius 1 is 1.25 bits per heavy atom. The van der Waals surface area contributed by atoms with Crippen molar-refractivity contribution in [3.8, 4) is 0 Å². The molecular formula is C18H38IN5. The van der Waals surface area contributed by atoms with Gasteiger partial charge in [0, 0.05) is 39.8 Å². The zero-order chi connectivity index (χ0) is 16.9. The fraction of sp³-hybridized carbons (Fsp3) is 0.833. The molecule has 24 heavy (non-hydrogen) atoms. The van der Waals surface area contributed by atoms with Crippen LogP contribution in [0.4, 0.5) is 0 Å². The first-order valence-electron chi connectivity index (χ1n) is 9.18. The quantitative estimate of drug-likeness (QED) is 0.192. The molecule has 1 saturated heterocycles. The van der Waals surface area contributed by atoms with Crippen LogP contribution in [-0.2, 0) is 0 Å². The first kappa shape index (κ1) is 23.7. The highest BCUT2D eigenvalue weighted by atomic mass is 127. The van der Waals surface area contributed by atoms with Gasteiger partial charge in [-0.1, -0.05) is 6.08 Å². The number of nitrogens with one attached hydrogen (secondary N) is 1. The second kappa shape index (κ2) is 15.0. The molecule has 0 aromatic rings. The normalized spacial score (nSPS) is 17.0. The standard InChI is InChI=1S/C18H37N5.HI/c1-5-7-8-13-22(4)18(19-6-2)20-11-9-14-23-15-10-12-21(3)16-17-23;/h5H,1,6-17H2,2-4H3,(H,19,20);1H. The number of halogens is 1. The van der Waals surface area contributed by atoms with Crippen LogP contribution in [0.3, 0.4) is 0 Å². The Balaban J connectivity index is 0.00000529. The van der Waals surface area contributed by atoms with Gasteiger partial charge in [0.05, 0.1) is 0 Å². The van der Waals surface area contributed by atoms with Crippen LogP contribution >= 0.6 is 24.0 Å². The van der Waals surface area contributed by atoms with E-state index in [0.717, 1.165) is 51.4 Å². The zero-order valence-corrected chi connectivity index (χ0v) is 18.3. The number of likely N-dealkylation sites (N-methyl/N-ethyl adjacent to an activating group) is 1. The highest BCUT2D eigenvalue weighted by Gasteiger charge is 2.11. The smallest absolute Gasteiger partial charge is 0.193 e. The molecule has 0 aromatic heterocycles. The average Bonchev–Trinajstić information content (AvgIpc) is 2.75. The number of rotatable bonds is 9. The van der Waals surface area contributed by atoms with Gasteiger partial charge in [-0.25, -0.2) is 0 Å². The summed E-state index contributed by atoms with van der Waals surface area (Å²) in [5.41, 5.74) is 0. The number of hydrogen-bond acceptors (Lipinski definition) is 3. The summed E-state index contributed by atoms with van der Waals surface area (Å²) in [7, 11) is 4.34. The lowest BCUT2D eigenvalue weighted by Crippen LogP contribution is -2.39. The van der Waals surface area contributed by atoms with Gasteiger partial charge in [-0.05, 0) is 59.3 Å². The Bertz CT molecular complexity index is 348. The van der Waals surface area contributed by atoms with Crippen LogP contribution in [0.15, 0.2) is 17.6 Å². The summed E-state index contributed by atoms with van der Waals surface area (Å²) in [4.78, 5) is 12.0. The summed E-state index contributed by atoms with van der Waals surface area (Å²) in [6, 6.07) is 0. The minimum atomic E-state index is 0. The second-order valence-corrected chi connectivity index (χ2v) is 6.44. The first-order chi connectivity index (χ1) is 11.2. The summed E-state index contributed by atoms with van der Waals surface area (Å²) in [5, 5.41) is 3.39. The molecule has 0 unspecified atom stereocenters. The van der Waals surface area contributed by atoms with E-state index in [2.05, 4.69) is 47.6 Å². The molecule has 1 heterocycles. The van der Waals surface area contributed by atoms with Gasteiger partial charge in [-0.15, -0.1) is 30.6 Å². The lowest BCUT2D eigenvalue weighted by Gasteiger charge is -2.22. The third-order valence-electron chi connectivity index (χ3n) is 4.30. The molecule has 0 spiro atoms. The minimum absolute atomic E-state index is 0. The predicted octanol–water partition coefficient (Wildman–Crippen LogP) is 2.50. The van der Waals surface area contributed by atoms with E-state index in [0.29, 0.717) is 0 Å².